The van der Waals surface area contributed by atoms with E-state index >= 15 is 0 Å². The summed E-state index contributed by atoms with van der Waals surface area (Å²) >= 11 is 0. The lowest BCUT2D eigenvalue weighted by atomic mass is 9.80. The molecule has 2 atom stereocenters. The van der Waals surface area contributed by atoms with Crippen molar-refractivity contribution in [3.63, 3.8) is 0 Å². The summed E-state index contributed by atoms with van der Waals surface area (Å²) in [4.78, 5) is 25.8. The second kappa shape index (κ2) is 10.1. The molecule has 34 heavy (non-hydrogen) atoms. The van der Waals surface area contributed by atoms with Crippen molar-refractivity contribution in [3.8, 4) is 0 Å². The molecular formula is C25H29F4N3O2. The Bertz CT molecular complexity index is 1020. The van der Waals surface area contributed by atoms with E-state index in [0.29, 0.717) is 17.5 Å². The minimum atomic E-state index is -4.39. The van der Waals surface area contributed by atoms with Crippen LogP contribution in [0.5, 0.6) is 0 Å². The quantitative estimate of drug-likeness (QED) is 0.506. The SMILES string of the molecule is CN(C)[C@H](CNC(=O)C[C@H](c1ccccc1)C1(C(F)(F)F)CC1)Cc1ccc(C(N)=O)c(F)c1. The average molecular weight is 480 g/mol. The topological polar surface area (TPSA) is 75.4 Å². The Balaban J connectivity index is 1.68. The van der Waals surface area contributed by atoms with E-state index in [1.807, 2.05) is 4.90 Å². The third-order valence-corrected chi connectivity index (χ3v) is 6.65. The fraction of sp³-hybridized carbons (Fsp3) is 0.440. The first-order valence-electron chi connectivity index (χ1n) is 11.1. The number of carbonyl (C=O) groups is 2. The highest BCUT2D eigenvalue weighted by Gasteiger charge is 2.67. The molecule has 3 rings (SSSR count). The van der Waals surface area contributed by atoms with Crippen LogP contribution in [-0.4, -0.2) is 49.6 Å². The molecule has 1 aliphatic rings. The van der Waals surface area contributed by atoms with Gasteiger partial charge in [0.1, 0.15) is 5.82 Å². The predicted molar refractivity (Wildman–Crippen MR) is 121 cm³/mol. The lowest BCUT2D eigenvalue weighted by Crippen LogP contribution is -2.42. The largest absolute Gasteiger partial charge is 0.395 e. The number of hydrogen-bond donors (Lipinski definition) is 2. The molecule has 1 fully saturated rings. The van der Waals surface area contributed by atoms with Gasteiger partial charge in [-0.2, -0.15) is 13.2 Å². The van der Waals surface area contributed by atoms with Crippen LogP contribution >= 0.6 is 0 Å². The number of likely N-dealkylation sites (N-methyl/N-ethyl adjacent to an activating group) is 1. The number of halogens is 4. The number of nitrogens with zero attached hydrogens (tertiary/aromatic N) is 1. The van der Waals surface area contributed by atoms with Gasteiger partial charge in [0, 0.05) is 24.9 Å². The summed E-state index contributed by atoms with van der Waals surface area (Å²) in [5.74, 6) is -3.01. The van der Waals surface area contributed by atoms with Crippen molar-refractivity contribution in [1.29, 1.82) is 0 Å². The van der Waals surface area contributed by atoms with Crippen LogP contribution in [0.15, 0.2) is 48.5 Å². The molecule has 184 valence electrons. The highest BCUT2D eigenvalue weighted by molar-refractivity contribution is 5.93. The molecule has 0 heterocycles. The Morgan fingerprint density at radius 2 is 1.76 bits per heavy atom. The Morgan fingerprint density at radius 3 is 2.26 bits per heavy atom. The highest BCUT2D eigenvalue weighted by Crippen LogP contribution is 2.66. The van der Waals surface area contributed by atoms with Gasteiger partial charge in [0.2, 0.25) is 5.91 Å². The summed E-state index contributed by atoms with van der Waals surface area (Å²) in [6, 6.07) is 12.2. The maximum absolute atomic E-state index is 14.1. The number of alkyl halides is 3. The lowest BCUT2D eigenvalue weighted by molar-refractivity contribution is -0.194. The number of hydrogen-bond acceptors (Lipinski definition) is 3. The van der Waals surface area contributed by atoms with Gasteiger partial charge in [-0.3, -0.25) is 9.59 Å². The summed E-state index contributed by atoms with van der Waals surface area (Å²) in [5, 5.41) is 2.76. The molecule has 0 aromatic heterocycles. The second-order valence-corrected chi connectivity index (χ2v) is 9.13. The summed E-state index contributed by atoms with van der Waals surface area (Å²) in [7, 11) is 3.58. The van der Waals surface area contributed by atoms with Crippen LogP contribution in [-0.2, 0) is 11.2 Å². The molecule has 1 saturated carbocycles. The van der Waals surface area contributed by atoms with Gasteiger partial charge in [0.05, 0.1) is 11.0 Å². The first kappa shape index (κ1) is 25.7. The van der Waals surface area contributed by atoms with Gasteiger partial charge in [-0.1, -0.05) is 36.4 Å². The van der Waals surface area contributed by atoms with Crippen LogP contribution in [0.2, 0.25) is 0 Å². The molecule has 0 radical (unpaired) electrons. The normalized spacial score (nSPS) is 16.7. The van der Waals surface area contributed by atoms with E-state index in [4.69, 9.17) is 5.73 Å². The third kappa shape index (κ3) is 5.75. The van der Waals surface area contributed by atoms with Gasteiger partial charge in [-0.05, 0) is 56.6 Å². The minimum absolute atomic E-state index is 0.0104. The average Bonchev–Trinajstić information content (AvgIpc) is 3.57. The zero-order chi connectivity index (χ0) is 25.1. The van der Waals surface area contributed by atoms with E-state index in [2.05, 4.69) is 5.32 Å². The van der Waals surface area contributed by atoms with Crippen molar-refractivity contribution >= 4 is 11.8 Å². The van der Waals surface area contributed by atoms with Crippen LogP contribution in [0.4, 0.5) is 17.6 Å². The molecule has 0 bridgehead atoms. The van der Waals surface area contributed by atoms with Crippen LogP contribution in [0, 0.1) is 11.2 Å². The standard InChI is InChI=1S/C25H29F4N3O2/c1-32(2)18(12-16-8-9-19(23(30)34)21(26)13-16)15-31-22(33)14-20(17-6-4-3-5-7-17)24(10-11-24)25(27,28)29/h3-9,13,18,20H,10-12,14-15H2,1-2H3,(H2,30,34)(H,31,33)/t18-,20+/m0/s1. The zero-order valence-electron chi connectivity index (χ0n) is 19.2. The molecule has 9 heteroatoms. The van der Waals surface area contributed by atoms with Crippen LogP contribution in [0.1, 0.15) is 46.7 Å². The van der Waals surface area contributed by atoms with E-state index in [-0.39, 0.29) is 37.4 Å². The number of nitrogens with one attached hydrogen (secondary N) is 1. The van der Waals surface area contributed by atoms with Gasteiger partial charge in [0.15, 0.2) is 0 Å². The molecule has 0 saturated heterocycles. The van der Waals surface area contributed by atoms with E-state index in [1.54, 1.807) is 50.5 Å². The molecule has 0 spiro atoms. The van der Waals surface area contributed by atoms with Gasteiger partial charge in [-0.15, -0.1) is 0 Å². The zero-order valence-corrected chi connectivity index (χ0v) is 19.2. The fourth-order valence-corrected chi connectivity index (χ4v) is 4.37. The molecule has 2 amide bonds. The van der Waals surface area contributed by atoms with E-state index in [1.165, 1.54) is 12.1 Å². The molecule has 0 unspecified atom stereocenters. The molecular weight excluding hydrogens is 450 g/mol. The number of benzene rings is 2. The van der Waals surface area contributed by atoms with Crippen molar-refractivity contribution in [2.75, 3.05) is 20.6 Å². The van der Waals surface area contributed by atoms with Gasteiger partial charge < -0.3 is 16.0 Å². The maximum Gasteiger partial charge on any atom is 0.395 e. The Kier molecular flexibility index (Phi) is 7.65. The van der Waals surface area contributed by atoms with Crippen molar-refractivity contribution in [2.45, 2.75) is 43.8 Å². The summed E-state index contributed by atoms with van der Waals surface area (Å²) in [5.41, 5.74) is 4.17. The van der Waals surface area contributed by atoms with Crippen molar-refractivity contribution in [1.82, 2.24) is 10.2 Å². The summed E-state index contributed by atoms with van der Waals surface area (Å²) in [6.45, 7) is 0.172. The molecule has 0 aliphatic heterocycles. The van der Waals surface area contributed by atoms with E-state index < -0.39 is 35.1 Å². The van der Waals surface area contributed by atoms with E-state index in [0.717, 1.165) is 0 Å². The van der Waals surface area contributed by atoms with Crippen molar-refractivity contribution in [3.05, 3.63) is 71.0 Å². The number of nitrogens with two attached hydrogens (primary N) is 1. The molecule has 2 aromatic rings. The van der Waals surface area contributed by atoms with Crippen molar-refractivity contribution < 1.29 is 27.2 Å². The second-order valence-electron chi connectivity index (χ2n) is 9.13. The number of carbonyl (C=O) groups excluding carboxylic acids is 2. The molecule has 2 aromatic carbocycles. The van der Waals surface area contributed by atoms with Crippen LogP contribution < -0.4 is 11.1 Å². The fourth-order valence-electron chi connectivity index (χ4n) is 4.37. The third-order valence-electron chi connectivity index (χ3n) is 6.65. The summed E-state index contributed by atoms with van der Waals surface area (Å²) < 4.78 is 55.7. The minimum Gasteiger partial charge on any atom is -0.366 e. The van der Waals surface area contributed by atoms with Gasteiger partial charge in [0.25, 0.3) is 5.91 Å². The Labute approximate surface area is 196 Å². The predicted octanol–water partition coefficient (Wildman–Crippen LogP) is 4.03. The summed E-state index contributed by atoms with van der Waals surface area (Å²) in [6.07, 6.45) is -4.28. The molecule has 3 N–H and O–H groups in total. The molecule has 1 aliphatic carbocycles. The Morgan fingerprint density at radius 1 is 1.12 bits per heavy atom. The monoisotopic (exact) mass is 479 g/mol. The van der Waals surface area contributed by atoms with Gasteiger partial charge >= 0.3 is 6.18 Å². The first-order chi connectivity index (χ1) is 15.9. The molecule has 5 nitrogen and oxygen atoms in total. The Hall–Kier alpha value is -2.94. The maximum atomic E-state index is 14.1. The van der Waals surface area contributed by atoms with Crippen LogP contribution in [0.3, 0.4) is 0 Å². The number of amides is 2. The number of rotatable bonds is 10. The van der Waals surface area contributed by atoms with Crippen molar-refractivity contribution in [2.24, 2.45) is 11.1 Å². The van der Waals surface area contributed by atoms with Gasteiger partial charge in [-0.25, -0.2) is 4.39 Å². The number of primary amides is 1. The smallest absolute Gasteiger partial charge is 0.366 e. The first-order valence-corrected chi connectivity index (χ1v) is 11.1. The lowest BCUT2D eigenvalue weighted by Gasteiger charge is -2.30. The van der Waals surface area contributed by atoms with E-state index in [9.17, 15) is 27.2 Å². The highest BCUT2D eigenvalue weighted by atomic mass is 19.4. The van der Waals surface area contributed by atoms with Crippen LogP contribution in [0.25, 0.3) is 0 Å².